The summed E-state index contributed by atoms with van der Waals surface area (Å²) in [5.41, 5.74) is 4.52. The van der Waals surface area contributed by atoms with Crippen LogP contribution in [0, 0.1) is 28.6 Å². The summed E-state index contributed by atoms with van der Waals surface area (Å²) in [6, 6.07) is 3.88. The SMILES string of the molecule is CC(=O)O[C@H]1CC[C@@]2(C)C(=CC[C@@H]3[C@@H]2CC[C@]2(C)C(Cl)=C(c4nc5ccc(Cl)cn5c4NC(C)(C)C)C[C@@H]32)C1. The van der Waals surface area contributed by atoms with Gasteiger partial charge in [-0.2, -0.15) is 0 Å². The molecule has 0 amide bonds. The summed E-state index contributed by atoms with van der Waals surface area (Å²) in [6.07, 6.45) is 11.7. The largest absolute Gasteiger partial charge is 0.462 e. The van der Waals surface area contributed by atoms with E-state index in [9.17, 15) is 4.79 Å². The first-order valence-electron chi connectivity index (χ1n) is 14.5. The third kappa shape index (κ3) is 4.43. The smallest absolute Gasteiger partial charge is 0.302 e. The minimum atomic E-state index is -0.167. The number of fused-ring (bicyclic) bond motifs is 6. The lowest BCUT2D eigenvalue weighted by Gasteiger charge is -2.57. The molecule has 6 rings (SSSR count). The van der Waals surface area contributed by atoms with Crippen LogP contribution in [0.15, 0.2) is 35.0 Å². The molecule has 2 heterocycles. The summed E-state index contributed by atoms with van der Waals surface area (Å²) >= 11 is 13.8. The molecule has 210 valence electrons. The zero-order chi connectivity index (χ0) is 27.9. The van der Waals surface area contributed by atoms with E-state index in [0.717, 1.165) is 60.7 Å². The van der Waals surface area contributed by atoms with Crippen LogP contribution in [-0.2, 0) is 9.53 Å². The number of pyridine rings is 1. The molecule has 0 aromatic carbocycles. The molecule has 4 aliphatic rings. The van der Waals surface area contributed by atoms with Gasteiger partial charge in [-0.25, -0.2) is 4.98 Å². The first kappa shape index (κ1) is 27.2. The average molecular weight is 571 g/mol. The molecule has 0 spiro atoms. The fraction of sp³-hybridized carbons (Fsp3) is 0.625. The molecule has 2 aromatic heterocycles. The van der Waals surface area contributed by atoms with Crippen LogP contribution in [-0.4, -0.2) is 27.0 Å². The molecule has 7 heteroatoms. The van der Waals surface area contributed by atoms with E-state index in [1.165, 1.54) is 24.5 Å². The maximum atomic E-state index is 11.6. The number of imidazole rings is 1. The van der Waals surface area contributed by atoms with Gasteiger partial charge in [0.2, 0.25) is 0 Å². The quantitative estimate of drug-likeness (QED) is 0.296. The molecule has 0 radical (unpaired) electrons. The fourth-order valence-corrected chi connectivity index (χ4v) is 9.05. The molecular weight excluding hydrogens is 529 g/mol. The Bertz CT molecular complexity index is 1400. The van der Waals surface area contributed by atoms with Crippen LogP contribution in [0.25, 0.3) is 11.2 Å². The van der Waals surface area contributed by atoms with Crippen molar-refractivity contribution in [3.8, 4) is 0 Å². The van der Waals surface area contributed by atoms with E-state index in [2.05, 4.69) is 50.4 Å². The third-order valence-corrected chi connectivity index (χ3v) is 11.2. The number of aromatic nitrogens is 2. The highest BCUT2D eigenvalue weighted by Crippen LogP contribution is 2.67. The van der Waals surface area contributed by atoms with Gasteiger partial charge in [0.25, 0.3) is 0 Å². The highest BCUT2D eigenvalue weighted by atomic mass is 35.5. The zero-order valence-electron chi connectivity index (χ0n) is 24.0. The second-order valence-electron chi connectivity index (χ2n) is 13.9. The number of hydrogen-bond donors (Lipinski definition) is 1. The van der Waals surface area contributed by atoms with Crippen molar-refractivity contribution in [3.05, 3.63) is 45.7 Å². The Hall–Kier alpha value is -1.98. The van der Waals surface area contributed by atoms with Gasteiger partial charge < -0.3 is 10.1 Å². The Kier molecular flexibility index (Phi) is 6.47. The van der Waals surface area contributed by atoms with Crippen LogP contribution in [0.2, 0.25) is 5.02 Å². The van der Waals surface area contributed by atoms with Crippen molar-refractivity contribution in [1.82, 2.24) is 9.38 Å². The first-order chi connectivity index (χ1) is 18.3. The summed E-state index contributed by atoms with van der Waals surface area (Å²) in [7, 11) is 0. The molecule has 4 aliphatic carbocycles. The van der Waals surface area contributed by atoms with Gasteiger partial charge in [0, 0.05) is 35.5 Å². The lowest BCUT2D eigenvalue weighted by molar-refractivity contribution is -0.148. The minimum absolute atomic E-state index is 0.0266. The van der Waals surface area contributed by atoms with E-state index in [4.69, 9.17) is 32.9 Å². The lowest BCUT2D eigenvalue weighted by atomic mass is 9.48. The van der Waals surface area contributed by atoms with Gasteiger partial charge in [0.15, 0.2) is 0 Å². The number of esters is 1. The molecule has 6 atom stereocenters. The monoisotopic (exact) mass is 569 g/mol. The van der Waals surface area contributed by atoms with Crippen LogP contribution in [0.3, 0.4) is 0 Å². The van der Waals surface area contributed by atoms with Crippen LogP contribution in [0.4, 0.5) is 5.82 Å². The molecule has 2 saturated carbocycles. The van der Waals surface area contributed by atoms with E-state index in [1.54, 1.807) is 0 Å². The standard InChI is InChI=1S/C32H41Cl2N3O2/c1-18(38)39-21-11-13-31(5)19(15-21)7-9-22-24(31)12-14-32(6)25(22)16-23(28(32)34)27-29(36-30(2,3)4)37-17-20(33)8-10-26(37)35-27/h7-8,10,17,21-22,24-25,36H,9,11-16H2,1-6H3/t21-,22+,24-,25-,31-,32-/m0/s1. The normalized spacial score (nSPS) is 34.3. The zero-order valence-corrected chi connectivity index (χ0v) is 25.5. The molecule has 0 saturated heterocycles. The maximum absolute atomic E-state index is 11.6. The molecule has 5 nitrogen and oxygen atoms in total. The van der Waals surface area contributed by atoms with Gasteiger partial charge in [-0.15, -0.1) is 0 Å². The number of halogens is 2. The third-order valence-electron chi connectivity index (χ3n) is 10.3. The van der Waals surface area contributed by atoms with Crippen molar-refractivity contribution in [2.45, 2.75) is 98.1 Å². The summed E-state index contributed by atoms with van der Waals surface area (Å²) in [6.45, 7) is 12.9. The van der Waals surface area contributed by atoms with E-state index in [1.807, 2.05) is 18.3 Å². The van der Waals surface area contributed by atoms with Gasteiger partial charge in [-0.1, -0.05) is 48.7 Å². The second kappa shape index (κ2) is 9.27. The molecule has 0 aliphatic heterocycles. The van der Waals surface area contributed by atoms with Crippen molar-refractivity contribution in [1.29, 1.82) is 0 Å². The first-order valence-corrected chi connectivity index (χ1v) is 15.3. The predicted octanol–water partition coefficient (Wildman–Crippen LogP) is 8.65. The Morgan fingerprint density at radius 3 is 2.56 bits per heavy atom. The number of allylic oxidation sites excluding steroid dienone is 3. The van der Waals surface area contributed by atoms with Gasteiger partial charge in [-0.3, -0.25) is 9.20 Å². The second-order valence-corrected chi connectivity index (χ2v) is 14.8. The van der Waals surface area contributed by atoms with E-state index in [-0.39, 0.29) is 28.4 Å². The summed E-state index contributed by atoms with van der Waals surface area (Å²) < 4.78 is 7.71. The Balaban J connectivity index is 1.36. The number of nitrogens with one attached hydrogen (secondary N) is 1. The van der Waals surface area contributed by atoms with Crippen LogP contribution >= 0.6 is 23.2 Å². The van der Waals surface area contributed by atoms with Crippen molar-refractivity contribution < 1.29 is 9.53 Å². The Morgan fingerprint density at radius 2 is 1.85 bits per heavy atom. The van der Waals surface area contributed by atoms with E-state index >= 15 is 0 Å². The molecule has 0 unspecified atom stereocenters. The number of rotatable bonds is 3. The molecular formula is C32H41Cl2N3O2. The molecule has 39 heavy (non-hydrogen) atoms. The fourth-order valence-electron chi connectivity index (χ4n) is 8.49. The van der Waals surface area contributed by atoms with Gasteiger partial charge in [0.05, 0.1) is 5.02 Å². The number of hydrogen-bond acceptors (Lipinski definition) is 4. The predicted molar refractivity (Wildman–Crippen MR) is 159 cm³/mol. The van der Waals surface area contributed by atoms with E-state index in [0.29, 0.717) is 22.8 Å². The average Bonchev–Trinajstić information content (AvgIpc) is 3.32. The van der Waals surface area contributed by atoms with Crippen LogP contribution in [0.1, 0.15) is 92.2 Å². The highest BCUT2D eigenvalue weighted by Gasteiger charge is 2.58. The number of nitrogens with zero attached hydrogens (tertiary/aromatic N) is 2. The summed E-state index contributed by atoms with van der Waals surface area (Å²) in [5.74, 6) is 2.49. The number of carbonyl (C=O) groups excluding carboxylic acids is 1. The summed E-state index contributed by atoms with van der Waals surface area (Å²) in [5, 5.41) is 5.39. The topological polar surface area (TPSA) is 55.6 Å². The minimum Gasteiger partial charge on any atom is -0.462 e. The van der Waals surface area contributed by atoms with Gasteiger partial charge in [-0.05, 0) is 100 Å². The molecule has 0 bridgehead atoms. The Labute approximate surface area is 242 Å². The summed E-state index contributed by atoms with van der Waals surface area (Å²) in [4.78, 5) is 16.7. The van der Waals surface area contributed by atoms with Crippen molar-refractivity contribution >= 4 is 46.2 Å². The Morgan fingerprint density at radius 1 is 1.10 bits per heavy atom. The molecule has 2 aromatic rings. The maximum Gasteiger partial charge on any atom is 0.302 e. The van der Waals surface area contributed by atoms with Crippen molar-refractivity contribution in [2.24, 2.45) is 28.6 Å². The van der Waals surface area contributed by atoms with Crippen molar-refractivity contribution in [3.63, 3.8) is 0 Å². The van der Waals surface area contributed by atoms with Crippen LogP contribution in [0.5, 0.6) is 0 Å². The van der Waals surface area contributed by atoms with Gasteiger partial charge in [0.1, 0.15) is 23.3 Å². The van der Waals surface area contributed by atoms with Crippen LogP contribution < -0.4 is 5.32 Å². The number of anilines is 1. The highest BCUT2D eigenvalue weighted by molar-refractivity contribution is 6.34. The van der Waals surface area contributed by atoms with E-state index < -0.39 is 0 Å². The van der Waals surface area contributed by atoms with Gasteiger partial charge >= 0.3 is 5.97 Å². The van der Waals surface area contributed by atoms with Crippen molar-refractivity contribution in [2.75, 3.05) is 5.32 Å². The number of carbonyl (C=O) groups is 1. The lowest BCUT2D eigenvalue weighted by Crippen LogP contribution is -2.50. The molecule has 2 fully saturated rings. The molecule has 1 N–H and O–H groups in total. The number of ether oxygens (including phenoxy) is 1.